The molecule has 2 heterocycles. The molecule has 6 nitrogen and oxygen atoms in total. The molecule has 38 heavy (non-hydrogen) atoms. The molecule has 0 aromatic heterocycles. The monoisotopic (exact) mass is 542 g/mol. The number of rotatable bonds is 7. The van der Waals surface area contributed by atoms with E-state index in [9.17, 15) is 14.7 Å². The van der Waals surface area contributed by atoms with E-state index < -0.39 is 6.10 Å². The largest absolute Gasteiger partial charge is 0.389 e. The zero-order chi connectivity index (χ0) is 26.2. The van der Waals surface area contributed by atoms with Crippen LogP contribution in [-0.2, 0) is 4.74 Å². The number of carbonyl (C=O) groups is 2. The van der Waals surface area contributed by atoms with Gasteiger partial charge in [0.1, 0.15) is 0 Å². The van der Waals surface area contributed by atoms with Crippen LogP contribution < -0.4 is 0 Å². The maximum absolute atomic E-state index is 13.2. The summed E-state index contributed by atoms with van der Waals surface area (Å²) >= 11 is 0. The first-order valence-electron chi connectivity index (χ1n) is 14.1. The van der Waals surface area contributed by atoms with Gasteiger partial charge in [0.05, 0.1) is 18.8 Å². The maximum atomic E-state index is 13.2. The molecule has 3 aliphatic rings. The first kappa shape index (κ1) is 29.0. The molecule has 1 saturated heterocycles. The van der Waals surface area contributed by atoms with E-state index in [4.69, 9.17) is 4.74 Å². The van der Waals surface area contributed by atoms with Crippen molar-refractivity contribution in [2.45, 2.75) is 71.5 Å². The van der Waals surface area contributed by atoms with Gasteiger partial charge in [-0.3, -0.25) is 14.5 Å². The topological polar surface area (TPSA) is 70.1 Å². The Bertz CT molecular complexity index is 1080. The number of amides is 2. The molecule has 0 bridgehead atoms. The van der Waals surface area contributed by atoms with Crippen molar-refractivity contribution in [1.29, 1.82) is 0 Å². The Kier molecular flexibility index (Phi) is 9.18. The van der Waals surface area contributed by atoms with Crippen molar-refractivity contribution < 1.29 is 19.4 Å². The van der Waals surface area contributed by atoms with Crippen LogP contribution >= 0.6 is 12.4 Å². The predicted octanol–water partition coefficient (Wildman–Crippen LogP) is 5.55. The highest BCUT2D eigenvalue weighted by atomic mass is 35.5. The Hall–Kier alpha value is -1.99. The number of piperidine rings is 1. The first-order chi connectivity index (χ1) is 17.7. The van der Waals surface area contributed by atoms with Crippen LogP contribution in [-0.4, -0.2) is 71.7 Å². The third-order valence-corrected chi connectivity index (χ3v) is 8.90. The maximum Gasteiger partial charge on any atom is 0.261 e. The lowest BCUT2D eigenvalue weighted by Crippen LogP contribution is -2.46. The van der Waals surface area contributed by atoms with Crippen LogP contribution in [0.1, 0.15) is 80.0 Å². The number of β-amino-alcohol motifs (C(OH)–C–C–N with tert-alkyl or cyclic N) is 1. The second-order valence-corrected chi connectivity index (χ2v) is 12.5. The van der Waals surface area contributed by atoms with Crippen LogP contribution in [0.2, 0.25) is 0 Å². The number of aliphatic hydroxyl groups excluding tert-OH is 1. The van der Waals surface area contributed by atoms with E-state index in [0.29, 0.717) is 36.2 Å². The molecule has 2 amide bonds. The standard InChI is InChI=1S/C31H42N2O4.ClH/c1-31(2,3)23-10-12-25(13-11-23)37-20-24(34)19-32-16-14-21(15-17-32)18-33-29(35)26-8-4-6-22-7-5-9-27(28(22)26)30(33)36;/h4-9,21,23-25,34H,10-20H2,1-3H3;1H. The molecular weight excluding hydrogens is 500 g/mol. The molecule has 1 atom stereocenters. The summed E-state index contributed by atoms with van der Waals surface area (Å²) in [7, 11) is 0. The summed E-state index contributed by atoms with van der Waals surface area (Å²) in [5, 5.41) is 12.3. The van der Waals surface area contributed by atoms with E-state index in [1.165, 1.54) is 17.7 Å². The molecule has 2 aromatic carbocycles. The number of aliphatic hydroxyl groups is 1. The highest BCUT2D eigenvalue weighted by Crippen LogP contribution is 2.38. The molecule has 2 fully saturated rings. The summed E-state index contributed by atoms with van der Waals surface area (Å²) in [4.78, 5) is 30.2. The number of nitrogens with zero attached hydrogens (tertiary/aromatic N) is 2. The molecule has 7 heteroatoms. The quantitative estimate of drug-likeness (QED) is 0.464. The Morgan fingerprint density at radius 3 is 2.05 bits per heavy atom. The van der Waals surface area contributed by atoms with Crippen molar-refractivity contribution in [3.63, 3.8) is 0 Å². The minimum absolute atomic E-state index is 0. The summed E-state index contributed by atoms with van der Waals surface area (Å²) in [5.41, 5.74) is 1.62. The fourth-order valence-corrected chi connectivity index (χ4v) is 6.55. The number of halogens is 1. The van der Waals surface area contributed by atoms with E-state index in [2.05, 4.69) is 25.7 Å². The van der Waals surface area contributed by atoms with Crippen molar-refractivity contribution in [3.8, 4) is 0 Å². The fraction of sp³-hybridized carbons (Fsp3) is 0.613. The van der Waals surface area contributed by atoms with Crippen LogP contribution in [0.15, 0.2) is 36.4 Å². The van der Waals surface area contributed by atoms with Crippen LogP contribution in [0.3, 0.4) is 0 Å². The number of benzene rings is 2. The second-order valence-electron chi connectivity index (χ2n) is 12.5. The molecule has 1 unspecified atom stereocenters. The van der Waals surface area contributed by atoms with Crippen molar-refractivity contribution in [1.82, 2.24) is 9.80 Å². The van der Waals surface area contributed by atoms with Crippen molar-refractivity contribution in [2.75, 3.05) is 32.8 Å². The third kappa shape index (κ3) is 6.25. The van der Waals surface area contributed by atoms with E-state index in [1.54, 1.807) is 0 Å². The van der Waals surface area contributed by atoms with Gasteiger partial charge in [-0.2, -0.15) is 0 Å². The van der Waals surface area contributed by atoms with Gasteiger partial charge >= 0.3 is 0 Å². The molecule has 1 aliphatic carbocycles. The molecular formula is C31H43ClN2O4. The van der Waals surface area contributed by atoms with Crippen LogP contribution in [0.4, 0.5) is 0 Å². The SMILES string of the molecule is CC(C)(C)C1CCC(OCC(O)CN2CCC(CN3C(=O)c4cccc5cccc(c45)C3=O)CC2)CC1.Cl. The summed E-state index contributed by atoms with van der Waals surface area (Å²) < 4.78 is 6.09. The Balaban J connectivity index is 0.00000336. The van der Waals surface area contributed by atoms with E-state index >= 15 is 0 Å². The zero-order valence-corrected chi connectivity index (χ0v) is 23.8. The normalized spacial score (nSPS) is 23.9. The van der Waals surface area contributed by atoms with Crippen molar-refractivity contribution in [2.24, 2.45) is 17.3 Å². The van der Waals surface area contributed by atoms with E-state index in [1.807, 2.05) is 36.4 Å². The summed E-state index contributed by atoms with van der Waals surface area (Å²) in [6.07, 6.45) is 6.20. The lowest BCUT2D eigenvalue weighted by atomic mass is 9.72. The Labute approximate surface area is 233 Å². The Morgan fingerprint density at radius 1 is 0.921 bits per heavy atom. The smallest absolute Gasteiger partial charge is 0.261 e. The van der Waals surface area contributed by atoms with Gasteiger partial charge < -0.3 is 14.7 Å². The average molecular weight is 543 g/mol. The van der Waals surface area contributed by atoms with Gasteiger partial charge in [0.2, 0.25) is 0 Å². The summed E-state index contributed by atoms with van der Waals surface area (Å²) in [5.74, 6) is 0.680. The highest BCUT2D eigenvalue weighted by Gasteiger charge is 2.35. The zero-order valence-electron chi connectivity index (χ0n) is 23.0. The molecule has 208 valence electrons. The van der Waals surface area contributed by atoms with Gasteiger partial charge in [-0.15, -0.1) is 12.4 Å². The molecule has 0 radical (unpaired) electrons. The van der Waals surface area contributed by atoms with Crippen molar-refractivity contribution in [3.05, 3.63) is 47.5 Å². The van der Waals surface area contributed by atoms with Crippen molar-refractivity contribution >= 4 is 35.0 Å². The highest BCUT2D eigenvalue weighted by molar-refractivity contribution is 6.25. The number of imide groups is 1. The van der Waals surface area contributed by atoms with Crippen LogP contribution in [0.25, 0.3) is 10.8 Å². The first-order valence-corrected chi connectivity index (χ1v) is 14.1. The molecule has 1 N–H and O–H groups in total. The second kappa shape index (κ2) is 12.0. The number of likely N-dealkylation sites (tertiary alicyclic amines) is 1. The molecule has 2 aromatic rings. The molecule has 0 spiro atoms. The summed E-state index contributed by atoms with van der Waals surface area (Å²) in [6.45, 7) is 10.2. The summed E-state index contributed by atoms with van der Waals surface area (Å²) in [6, 6.07) is 11.3. The average Bonchev–Trinajstić information content (AvgIpc) is 2.89. The van der Waals surface area contributed by atoms with Gasteiger partial charge in [-0.25, -0.2) is 0 Å². The number of ether oxygens (including phenoxy) is 1. The van der Waals surface area contributed by atoms with Crippen LogP contribution in [0.5, 0.6) is 0 Å². The number of hydrogen-bond acceptors (Lipinski definition) is 5. The fourth-order valence-electron chi connectivity index (χ4n) is 6.55. The van der Waals surface area contributed by atoms with Gasteiger partial charge in [0.25, 0.3) is 11.8 Å². The number of carbonyl (C=O) groups excluding carboxylic acids is 2. The Morgan fingerprint density at radius 2 is 1.50 bits per heavy atom. The molecule has 2 aliphatic heterocycles. The van der Waals surface area contributed by atoms with Gasteiger partial charge in [-0.1, -0.05) is 45.0 Å². The van der Waals surface area contributed by atoms with E-state index in [-0.39, 0.29) is 36.2 Å². The molecule has 1 saturated carbocycles. The van der Waals surface area contributed by atoms with Gasteiger partial charge in [0.15, 0.2) is 0 Å². The van der Waals surface area contributed by atoms with Gasteiger partial charge in [0, 0.05) is 29.6 Å². The van der Waals surface area contributed by atoms with Gasteiger partial charge in [-0.05, 0) is 86.4 Å². The minimum atomic E-state index is -0.487. The predicted molar refractivity (Wildman–Crippen MR) is 153 cm³/mol. The third-order valence-electron chi connectivity index (χ3n) is 8.90. The lowest BCUT2D eigenvalue weighted by molar-refractivity contribution is -0.0464. The lowest BCUT2D eigenvalue weighted by Gasteiger charge is -2.37. The number of hydrogen-bond donors (Lipinski definition) is 1. The minimum Gasteiger partial charge on any atom is -0.389 e. The van der Waals surface area contributed by atoms with E-state index in [0.717, 1.165) is 55.5 Å². The molecule has 5 rings (SSSR count). The van der Waals surface area contributed by atoms with Crippen LogP contribution in [0, 0.1) is 17.3 Å².